The highest BCUT2D eigenvalue weighted by Crippen LogP contribution is 2.42. The molecular formula is C20H36N2. The van der Waals surface area contributed by atoms with E-state index in [1.807, 2.05) is 0 Å². The van der Waals surface area contributed by atoms with Gasteiger partial charge in [0.1, 0.15) is 0 Å². The Morgan fingerprint density at radius 3 is 2.64 bits per heavy atom. The van der Waals surface area contributed by atoms with Crippen molar-refractivity contribution in [2.45, 2.75) is 84.1 Å². The molecule has 2 N–H and O–H groups in total. The average Bonchev–Trinajstić information content (AvgIpc) is 3.31. The number of likely N-dealkylation sites (tertiary alicyclic amines) is 1. The summed E-state index contributed by atoms with van der Waals surface area (Å²) in [5.74, 6) is 1.65. The first-order valence-corrected chi connectivity index (χ1v) is 9.75. The van der Waals surface area contributed by atoms with Crippen LogP contribution >= 0.6 is 0 Å². The number of rotatable bonds is 6. The zero-order chi connectivity index (χ0) is 15.6. The van der Waals surface area contributed by atoms with Crippen molar-refractivity contribution in [1.29, 1.82) is 0 Å². The van der Waals surface area contributed by atoms with Crippen molar-refractivity contribution < 1.29 is 0 Å². The van der Waals surface area contributed by atoms with Gasteiger partial charge in [0.05, 0.1) is 0 Å². The van der Waals surface area contributed by atoms with Crippen LogP contribution in [0.15, 0.2) is 11.8 Å². The van der Waals surface area contributed by atoms with Crippen LogP contribution in [-0.4, -0.2) is 24.0 Å². The van der Waals surface area contributed by atoms with Crippen LogP contribution in [0.4, 0.5) is 0 Å². The fourth-order valence-electron chi connectivity index (χ4n) is 4.62. The van der Waals surface area contributed by atoms with Gasteiger partial charge in [0.25, 0.3) is 0 Å². The van der Waals surface area contributed by atoms with Gasteiger partial charge in [-0.25, -0.2) is 0 Å². The minimum atomic E-state index is 0.477. The largest absolute Gasteiger partial charge is 0.375 e. The molecule has 2 nitrogen and oxygen atoms in total. The van der Waals surface area contributed by atoms with E-state index in [9.17, 15) is 0 Å². The lowest BCUT2D eigenvalue weighted by atomic mass is 9.72. The summed E-state index contributed by atoms with van der Waals surface area (Å²) < 4.78 is 0. The van der Waals surface area contributed by atoms with Gasteiger partial charge < -0.3 is 10.6 Å². The van der Waals surface area contributed by atoms with Gasteiger partial charge in [0.15, 0.2) is 0 Å². The second kappa shape index (κ2) is 6.95. The SMILES string of the molecule is CC1(C)CC(N2CCCCC2)=CC(CCCC(N)C2CC2)C1. The van der Waals surface area contributed by atoms with Gasteiger partial charge in [-0.2, -0.15) is 0 Å². The van der Waals surface area contributed by atoms with Crippen LogP contribution in [0.25, 0.3) is 0 Å². The molecule has 2 atom stereocenters. The Labute approximate surface area is 137 Å². The topological polar surface area (TPSA) is 29.3 Å². The van der Waals surface area contributed by atoms with E-state index < -0.39 is 0 Å². The number of hydrogen-bond acceptors (Lipinski definition) is 2. The summed E-state index contributed by atoms with van der Waals surface area (Å²) in [6.07, 6.45) is 16.2. The normalized spacial score (nSPS) is 30.0. The molecule has 1 saturated carbocycles. The zero-order valence-electron chi connectivity index (χ0n) is 14.8. The molecule has 2 aliphatic carbocycles. The molecule has 0 aromatic rings. The lowest BCUT2D eigenvalue weighted by molar-refractivity contribution is 0.196. The molecule has 0 aromatic heterocycles. The Morgan fingerprint density at radius 2 is 1.95 bits per heavy atom. The standard InChI is InChI=1S/C20H36N2/c1-20(2)14-16(7-6-8-19(21)17-9-10-17)13-18(15-20)22-11-4-3-5-12-22/h13,16-17,19H,3-12,14-15,21H2,1-2H3. The van der Waals surface area contributed by atoms with Crippen molar-refractivity contribution in [3.8, 4) is 0 Å². The third kappa shape index (κ3) is 4.50. The Bertz CT molecular complexity index is 389. The Hall–Kier alpha value is -0.500. The van der Waals surface area contributed by atoms with Crippen molar-refractivity contribution in [2.75, 3.05) is 13.1 Å². The third-order valence-electron chi connectivity index (χ3n) is 6.00. The number of nitrogens with two attached hydrogens (primary N) is 1. The predicted octanol–water partition coefficient (Wildman–Crippen LogP) is 4.70. The van der Waals surface area contributed by atoms with Gasteiger partial charge in [-0.1, -0.05) is 26.3 Å². The van der Waals surface area contributed by atoms with Gasteiger partial charge in [-0.15, -0.1) is 0 Å². The molecule has 0 aromatic carbocycles. The summed E-state index contributed by atoms with van der Waals surface area (Å²) in [6, 6.07) is 0.488. The van der Waals surface area contributed by atoms with Crippen molar-refractivity contribution >= 4 is 0 Å². The van der Waals surface area contributed by atoms with E-state index in [1.165, 1.54) is 77.3 Å². The quantitative estimate of drug-likeness (QED) is 0.770. The molecule has 2 unspecified atom stereocenters. The summed E-state index contributed by atoms with van der Waals surface area (Å²) >= 11 is 0. The summed E-state index contributed by atoms with van der Waals surface area (Å²) in [6.45, 7) is 7.52. The Morgan fingerprint density at radius 1 is 1.23 bits per heavy atom. The zero-order valence-corrected chi connectivity index (χ0v) is 14.8. The highest BCUT2D eigenvalue weighted by molar-refractivity contribution is 5.12. The lowest BCUT2D eigenvalue weighted by Crippen LogP contribution is -2.34. The first-order chi connectivity index (χ1) is 10.5. The molecule has 3 rings (SSSR count). The highest BCUT2D eigenvalue weighted by atomic mass is 15.1. The minimum Gasteiger partial charge on any atom is -0.375 e. The molecule has 0 spiro atoms. The van der Waals surface area contributed by atoms with Gasteiger partial charge in [0, 0.05) is 24.8 Å². The molecule has 2 fully saturated rings. The van der Waals surface area contributed by atoms with Crippen LogP contribution in [0.2, 0.25) is 0 Å². The first kappa shape index (κ1) is 16.4. The second-order valence-corrected chi connectivity index (χ2v) is 8.94. The van der Waals surface area contributed by atoms with Crippen molar-refractivity contribution in [3.63, 3.8) is 0 Å². The molecular weight excluding hydrogens is 268 g/mol. The maximum atomic E-state index is 6.27. The van der Waals surface area contributed by atoms with E-state index in [2.05, 4.69) is 24.8 Å². The summed E-state index contributed by atoms with van der Waals surface area (Å²) in [4.78, 5) is 2.69. The molecule has 3 aliphatic rings. The van der Waals surface area contributed by atoms with Crippen LogP contribution < -0.4 is 5.73 Å². The van der Waals surface area contributed by atoms with E-state index in [0.717, 1.165) is 11.8 Å². The van der Waals surface area contributed by atoms with Gasteiger partial charge >= 0.3 is 0 Å². The molecule has 2 heteroatoms. The first-order valence-electron chi connectivity index (χ1n) is 9.75. The number of allylic oxidation sites excluding steroid dienone is 2. The van der Waals surface area contributed by atoms with E-state index in [-0.39, 0.29) is 0 Å². The average molecular weight is 305 g/mol. The van der Waals surface area contributed by atoms with Crippen LogP contribution in [0.1, 0.15) is 78.1 Å². The minimum absolute atomic E-state index is 0.477. The Balaban J connectivity index is 1.54. The monoisotopic (exact) mass is 304 g/mol. The van der Waals surface area contributed by atoms with Crippen LogP contribution in [-0.2, 0) is 0 Å². The molecule has 1 heterocycles. The molecule has 22 heavy (non-hydrogen) atoms. The van der Waals surface area contributed by atoms with Crippen LogP contribution in [0.5, 0.6) is 0 Å². The summed E-state index contributed by atoms with van der Waals surface area (Å²) in [5, 5.41) is 0. The maximum Gasteiger partial charge on any atom is 0.0174 e. The molecule has 0 amide bonds. The second-order valence-electron chi connectivity index (χ2n) is 8.94. The summed E-state index contributed by atoms with van der Waals surface area (Å²) in [7, 11) is 0. The van der Waals surface area contributed by atoms with Gasteiger partial charge in [-0.05, 0) is 75.0 Å². The Kier molecular flexibility index (Phi) is 5.17. The number of piperidine rings is 1. The predicted molar refractivity (Wildman–Crippen MR) is 94.6 cm³/mol. The lowest BCUT2D eigenvalue weighted by Gasteiger charge is -2.41. The maximum absolute atomic E-state index is 6.27. The fourth-order valence-corrected chi connectivity index (χ4v) is 4.62. The van der Waals surface area contributed by atoms with Crippen molar-refractivity contribution in [1.82, 2.24) is 4.90 Å². The number of hydrogen-bond donors (Lipinski definition) is 1. The highest BCUT2D eigenvalue weighted by Gasteiger charge is 2.32. The van der Waals surface area contributed by atoms with Gasteiger partial charge in [0.2, 0.25) is 0 Å². The van der Waals surface area contributed by atoms with Gasteiger partial charge in [-0.3, -0.25) is 0 Å². The van der Waals surface area contributed by atoms with E-state index in [4.69, 9.17) is 5.73 Å². The fraction of sp³-hybridized carbons (Fsp3) is 0.900. The molecule has 0 radical (unpaired) electrons. The summed E-state index contributed by atoms with van der Waals surface area (Å²) in [5.41, 5.74) is 8.41. The third-order valence-corrected chi connectivity index (χ3v) is 6.00. The number of nitrogens with zero attached hydrogens (tertiary/aromatic N) is 1. The smallest absolute Gasteiger partial charge is 0.0174 e. The van der Waals surface area contributed by atoms with E-state index in [0.29, 0.717) is 11.5 Å². The molecule has 0 bridgehead atoms. The van der Waals surface area contributed by atoms with E-state index in [1.54, 1.807) is 5.70 Å². The molecule has 1 saturated heterocycles. The van der Waals surface area contributed by atoms with Crippen LogP contribution in [0, 0.1) is 17.3 Å². The van der Waals surface area contributed by atoms with Crippen molar-refractivity contribution in [3.05, 3.63) is 11.8 Å². The van der Waals surface area contributed by atoms with Crippen LogP contribution in [0.3, 0.4) is 0 Å². The molecule has 126 valence electrons. The van der Waals surface area contributed by atoms with Crippen molar-refractivity contribution in [2.24, 2.45) is 23.0 Å². The van der Waals surface area contributed by atoms with E-state index >= 15 is 0 Å². The molecule has 1 aliphatic heterocycles.